The van der Waals surface area contributed by atoms with E-state index >= 15 is 0 Å². The molecule has 1 atom stereocenters. The van der Waals surface area contributed by atoms with Crippen LogP contribution >= 0.6 is 0 Å². The van der Waals surface area contributed by atoms with Crippen molar-refractivity contribution in [1.82, 2.24) is 5.32 Å². The van der Waals surface area contributed by atoms with E-state index in [0.717, 1.165) is 32.3 Å². The van der Waals surface area contributed by atoms with Crippen molar-refractivity contribution in [2.24, 2.45) is 0 Å². The third-order valence-corrected chi connectivity index (χ3v) is 3.31. The van der Waals surface area contributed by atoms with E-state index in [1.54, 1.807) is 0 Å². The average Bonchev–Trinajstić information content (AvgIpc) is 2.26. The lowest BCUT2D eigenvalue weighted by atomic mass is 9.86. The van der Waals surface area contributed by atoms with E-state index in [2.05, 4.69) is 19.2 Å². The molecule has 84 valence electrons. The molecule has 1 saturated heterocycles. The molecule has 1 aliphatic heterocycles. The van der Waals surface area contributed by atoms with Crippen LogP contribution in [0.3, 0.4) is 0 Å². The van der Waals surface area contributed by atoms with E-state index in [1.165, 1.54) is 0 Å². The third kappa shape index (κ3) is 2.92. The number of halogens is 1. The normalized spacial score (nSPS) is 26.4. The minimum absolute atomic E-state index is 0.0478. The van der Waals surface area contributed by atoms with Gasteiger partial charge >= 0.3 is 0 Å². The van der Waals surface area contributed by atoms with E-state index in [9.17, 15) is 4.39 Å². The molecule has 1 N–H and O–H groups in total. The van der Waals surface area contributed by atoms with Crippen molar-refractivity contribution in [1.29, 1.82) is 0 Å². The molecule has 0 spiro atoms. The predicted molar refractivity (Wildman–Crippen MR) is 56.3 cm³/mol. The minimum Gasteiger partial charge on any atom is -0.375 e. The Morgan fingerprint density at radius 3 is 2.71 bits per heavy atom. The highest BCUT2D eigenvalue weighted by Crippen LogP contribution is 2.31. The van der Waals surface area contributed by atoms with Crippen molar-refractivity contribution in [3.05, 3.63) is 0 Å². The zero-order chi connectivity index (χ0) is 10.4. The van der Waals surface area contributed by atoms with Gasteiger partial charge in [0.25, 0.3) is 0 Å². The molecule has 0 aromatic rings. The predicted octanol–water partition coefficient (Wildman–Crippen LogP) is 2.28. The molecule has 0 amide bonds. The Morgan fingerprint density at radius 1 is 1.43 bits per heavy atom. The first kappa shape index (κ1) is 11.9. The van der Waals surface area contributed by atoms with Gasteiger partial charge < -0.3 is 10.1 Å². The minimum atomic E-state index is -0.275. The maximum absolute atomic E-state index is 12.0. The van der Waals surface area contributed by atoms with Gasteiger partial charge in [0.05, 0.1) is 5.60 Å². The van der Waals surface area contributed by atoms with Crippen LogP contribution in [0.5, 0.6) is 0 Å². The van der Waals surface area contributed by atoms with Gasteiger partial charge in [-0.15, -0.1) is 0 Å². The summed E-state index contributed by atoms with van der Waals surface area (Å²) in [6, 6.07) is 0.444. The average molecular weight is 203 g/mol. The molecule has 0 aromatic heterocycles. The van der Waals surface area contributed by atoms with Gasteiger partial charge in [0.1, 0.15) is 6.67 Å². The molecule has 0 bridgehead atoms. The van der Waals surface area contributed by atoms with Crippen molar-refractivity contribution in [3.63, 3.8) is 0 Å². The van der Waals surface area contributed by atoms with Crippen molar-refractivity contribution in [2.45, 2.75) is 51.2 Å². The Hall–Kier alpha value is -0.150. The Kier molecular flexibility index (Phi) is 4.82. The number of rotatable bonds is 5. The van der Waals surface area contributed by atoms with Crippen LogP contribution in [0, 0.1) is 0 Å². The third-order valence-electron chi connectivity index (χ3n) is 3.31. The van der Waals surface area contributed by atoms with Gasteiger partial charge in [-0.05, 0) is 25.7 Å². The Labute approximate surface area is 86.2 Å². The van der Waals surface area contributed by atoms with Crippen molar-refractivity contribution < 1.29 is 9.13 Å². The summed E-state index contributed by atoms with van der Waals surface area (Å²) in [5, 5.41) is 3.24. The fraction of sp³-hybridized carbons (Fsp3) is 1.00. The zero-order valence-electron chi connectivity index (χ0n) is 9.31. The maximum Gasteiger partial charge on any atom is 0.102 e. The summed E-state index contributed by atoms with van der Waals surface area (Å²) < 4.78 is 17.9. The van der Waals surface area contributed by atoms with Gasteiger partial charge in [-0.1, -0.05) is 13.8 Å². The molecule has 14 heavy (non-hydrogen) atoms. The number of alkyl halides is 1. The summed E-state index contributed by atoms with van der Waals surface area (Å²) >= 11 is 0. The Morgan fingerprint density at radius 2 is 2.14 bits per heavy atom. The number of ether oxygens (including phenoxy) is 1. The lowest BCUT2D eigenvalue weighted by Crippen LogP contribution is -2.46. The monoisotopic (exact) mass is 203 g/mol. The first-order valence-electron chi connectivity index (χ1n) is 5.69. The van der Waals surface area contributed by atoms with Crippen LogP contribution in [0.4, 0.5) is 4.39 Å². The summed E-state index contributed by atoms with van der Waals surface area (Å²) in [7, 11) is 0. The van der Waals surface area contributed by atoms with Gasteiger partial charge in [-0.2, -0.15) is 0 Å². The molecule has 3 heteroatoms. The fourth-order valence-electron chi connectivity index (χ4n) is 2.20. The molecular weight excluding hydrogens is 181 g/mol. The van der Waals surface area contributed by atoms with Crippen LogP contribution < -0.4 is 5.32 Å². The van der Waals surface area contributed by atoms with Crippen molar-refractivity contribution >= 4 is 0 Å². The zero-order valence-corrected chi connectivity index (χ0v) is 9.31. The second-order valence-corrected chi connectivity index (χ2v) is 4.07. The summed E-state index contributed by atoms with van der Waals surface area (Å²) in [5.74, 6) is 0. The SMILES string of the molecule is CCC1(CC)CC(NCCF)CCO1. The fourth-order valence-corrected chi connectivity index (χ4v) is 2.20. The molecule has 1 rings (SSSR count). The molecule has 0 aromatic carbocycles. The summed E-state index contributed by atoms with van der Waals surface area (Å²) in [5.41, 5.74) is 0.0478. The summed E-state index contributed by atoms with van der Waals surface area (Å²) in [4.78, 5) is 0. The first-order valence-corrected chi connectivity index (χ1v) is 5.69. The lowest BCUT2D eigenvalue weighted by molar-refractivity contribution is -0.0930. The molecule has 0 aliphatic carbocycles. The van der Waals surface area contributed by atoms with E-state index < -0.39 is 0 Å². The molecule has 1 aliphatic rings. The Balaban J connectivity index is 2.41. The maximum atomic E-state index is 12.0. The van der Waals surface area contributed by atoms with Crippen molar-refractivity contribution in [2.75, 3.05) is 19.8 Å². The number of hydrogen-bond acceptors (Lipinski definition) is 2. The van der Waals surface area contributed by atoms with Gasteiger partial charge in [-0.25, -0.2) is 4.39 Å². The van der Waals surface area contributed by atoms with E-state index in [-0.39, 0.29) is 12.3 Å². The topological polar surface area (TPSA) is 21.3 Å². The molecule has 0 saturated carbocycles. The first-order chi connectivity index (χ1) is 6.76. The second kappa shape index (κ2) is 5.66. The highest BCUT2D eigenvalue weighted by atomic mass is 19.1. The number of nitrogens with one attached hydrogen (secondary N) is 1. The van der Waals surface area contributed by atoms with Crippen LogP contribution in [0.15, 0.2) is 0 Å². The largest absolute Gasteiger partial charge is 0.375 e. The summed E-state index contributed by atoms with van der Waals surface area (Å²) in [6.07, 6.45) is 4.15. The van der Waals surface area contributed by atoms with Gasteiger partial charge in [0, 0.05) is 19.2 Å². The molecule has 0 radical (unpaired) electrons. The molecular formula is C11H22FNO. The summed E-state index contributed by atoms with van der Waals surface area (Å²) in [6.45, 7) is 5.35. The van der Waals surface area contributed by atoms with Crippen LogP contribution in [0.25, 0.3) is 0 Å². The highest BCUT2D eigenvalue weighted by molar-refractivity contribution is 4.87. The van der Waals surface area contributed by atoms with Crippen LogP contribution in [0.1, 0.15) is 39.5 Å². The Bertz CT molecular complexity index is 159. The number of hydrogen-bond donors (Lipinski definition) is 1. The van der Waals surface area contributed by atoms with E-state index in [0.29, 0.717) is 12.6 Å². The lowest BCUT2D eigenvalue weighted by Gasteiger charge is -2.40. The van der Waals surface area contributed by atoms with Gasteiger partial charge in [-0.3, -0.25) is 0 Å². The second-order valence-electron chi connectivity index (χ2n) is 4.07. The molecule has 1 heterocycles. The van der Waals surface area contributed by atoms with Crippen molar-refractivity contribution in [3.8, 4) is 0 Å². The quantitative estimate of drug-likeness (QED) is 0.740. The van der Waals surface area contributed by atoms with Crippen LogP contribution in [-0.4, -0.2) is 31.5 Å². The molecule has 1 fully saturated rings. The van der Waals surface area contributed by atoms with E-state index in [1.807, 2.05) is 0 Å². The van der Waals surface area contributed by atoms with Gasteiger partial charge in [0.15, 0.2) is 0 Å². The van der Waals surface area contributed by atoms with Crippen LogP contribution in [0.2, 0.25) is 0 Å². The van der Waals surface area contributed by atoms with Gasteiger partial charge in [0.2, 0.25) is 0 Å². The standard InChI is InChI=1S/C11H22FNO/c1-3-11(4-2)9-10(5-8-14-11)13-7-6-12/h10,13H,3-9H2,1-2H3. The van der Waals surface area contributed by atoms with E-state index in [4.69, 9.17) is 4.74 Å². The highest BCUT2D eigenvalue weighted by Gasteiger charge is 2.33. The molecule has 2 nitrogen and oxygen atoms in total. The molecule has 1 unspecified atom stereocenters. The van der Waals surface area contributed by atoms with Crippen LogP contribution in [-0.2, 0) is 4.74 Å². The smallest absolute Gasteiger partial charge is 0.102 e.